The number of carbonyl (C=O) groups excluding carboxylic acids is 1. The van der Waals surface area contributed by atoms with E-state index < -0.39 is 42.3 Å². The highest BCUT2D eigenvalue weighted by atomic mass is 19.3. The van der Waals surface area contributed by atoms with E-state index in [1.165, 1.54) is 116 Å². The van der Waals surface area contributed by atoms with Crippen LogP contribution in [0.2, 0.25) is 0 Å². The minimum atomic E-state index is -2.69. The Morgan fingerprint density at radius 2 is 0.940 bits per heavy atom. The van der Waals surface area contributed by atoms with Crippen molar-refractivity contribution < 1.29 is 22.4 Å². The van der Waals surface area contributed by atoms with Crippen LogP contribution in [0.15, 0.2) is 47.6 Å². The summed E-state index contributed by atoms with van der Waals surface area (Å²) in [5.74, 6) is 1.88. The predicted octanol–water partition coefficient (Wildman–Crippen LogP) is 14.7. The molecule has 0 heterocycles. The minimum Gasteiger partial charge on any atom is -0.298 e. The summed E-state index contributed by atoms with van der Waals surface area (Å²) >= 11 is 0. The summed E-state index contributed by atoms with van der Waals surface area (Å²) in [4.78, 5) is 14.5. The first kappa shape index (κ1) is 41.1. The van der Waals surface area contributed by atoms with Gasteiger partial charge in [-0.25, -0.2) is 17.6 Å². The monoisotopic (exact) mass is 703 g/mol. The van der Waals surface area contributed by atoms with Crippen molar-refractivity contribution in [2.24, 2.45) is 34.5 Å². The third-order valence-corrected chi connectivity index (χ3v) is 13.1. The van der Waals surface area contributed by atoms with Crippen molar-refractivity contribution in [2.45, 2.75) is 194 Å². The zero-order chi connectivity index (χ0) is 35.8. The number of hydrogen-bond donors (Lipinski definition) is 0. The maximum atomic E-state index is 14.5. The summed E-state index contributed by atoms with van der Waals surface area (Å²) in [5, 5.41) is 0. The number of carbonyl (C=O) groups is 1. The lowest BCUT2D eigenvalue weighted by Crippen LogP contribution is -2.45. The molecule has 284 valence electrons. The third-order valence-electron chi connectivity index (χ3n) is 13.1. The van der Waals surface area contributed by atoms with Crippen molar-refractivity contribution >= 4 is 5.78 Å². The van der Waals surface area contributed by atoms with Gasteiger partial charge in [0.25, 0.3) is 0 Å². The van der Waals surface area contributed by atoms with Gasteiger partial charge in [0.1, 0.15) is 0 Å². The molecular weight excluding hydrogens is 632 g/mol. The Balaban J connectivity index is 1.33. The van der Waals surface area contributed by atoms with E-state index in [4.69, 9.17) is 0 Å². The highest BCUT2D eigenvalue weighted by molar-refractivity contribution is 5.94. The van der Waals surface area contributed by atoms with Crippen molar-refractivity contribution in [1.29, 1.82) is 0 Å². The van der Waals surface area contributed by atoms with Gasteiger partial charge >= 0.3 is 0 Å². The Morgan fingerprint density at radius 3 is 1.26 bits per heavy atom. The molecule has 0 aromatic rings. The molecule has 2 atom stereocenters. The quantitative estimate of drug-likeness (QED) is 0.0811. The molecule has 50 heavy (non-hydrogen) atoms. The van der Waals surface area contributed by atoms with Crippen molar-refractivity contribution in [3.05, 3.63) is 47.6 Å². The molecule has 4 rings (SSSR count). The zero-order valence-corrected chi connectivity index (χ0v) is 31.7. The average molecular weight is 703 g/mol. The van der Waals surface area contributed by atoms with Gasteiger partial charge in [0.05, 0.1) is 10.8 Å². The molecule has 4 aliphatic rings. The Hall–Kier alpha value is -1.65. The molecule has 0 saturated heterocycles. The van der Waals surface area contributed by atoms with Crippen molar-refractivity contribution in [3.8, 4) is 0 Å². The predicted molar refractivity (Wildman–Crippen MR) is 202 cm³/mol. The normalized spacial score (nSPS) is 30.2. The fourth-order valence-electron chi connectivity index (χ4n) is 9.86. The lowest BCUT2D eigenvalue weighted by molar-refractivity contribution is -0.138. The molecule has 0 aliphatic heterocycles. The van der Waals surface area contributed by atoms with E-state index in [-0.39, 0.29) is 12.8 Å². The van der Waals surface area contributed by atoms with Gasteiger partial charge in [-0.2, -0.15) is 0 Å². The number of allylic oxidation sites excluding steroid dienone is 8. The number of Topliss-reactive ketones (excluding diaryl/α,β-unsaturated/α-hetero) is 1. The molecular formula is C45H70F4O. The highest BCUT2D eigenvalue weighted by Crippen LogP contribution is 2.50. The fraction of sp³-hybridized carbons (Fsp3) is 0.800. The average Bonchev–Trinajstić information content (AvgIpc) is 3.11. The van der Waals surface area contributed by atoms with Crippen LogP contribution in [0.1, 0.15) is 181 Å². The van der Waals surface area contributed by atoms with Gasteiger partial charge in [-0.3, -0.25) is 4.79 Å². The van der Waals surface area contributed by atoms with Gasteiger partial charge in [0, 0.05) is 12.8 Å². The maximum Gasteiger partial charge on any atom is 0.239 e. The second-order valence-corrected chi connectivity index (χ2v) is 16.9. The molecule has 0 bridgehead atoms. The molecule has 0 amide bonds. The largest absolute Gasteiger partial charge is 0.298 e. The van der Waals surface area contributed by atoms with Crippen LogP contribution in [0.5, 0.6) is 0 Å². The van der Waals surface area contributed by atoms with Gasteiger partial charge in [-0.05, 0) is 99.0 Å². The van der Waals surface area contributed by atoms with Crippen molar-refractivity contribution in [2.75, 3.05) is 0 Å². The Morgan fingerprint density at radius 1 is 0.580 bits per heavy atom. The molecule has 2 fully saturated rings. The lowest BCUT2D eigenvalue weighted by Gasteiger charge is -2.42. The number of rotatable bonds is 22. The topological polar surface area (TPSA) is 17.1 Å². The number of hydrogen-bond acceptors (Lipinski definition) is 1. The van der Waals surface area contributed by atoms with E-state index in [2.05, 4.69) is 13.8 Å². The molecule has 0 spiro atoms. The number of unbranched alkanes of at least 4 members (excludes halogenated alkanes) is 10. The summed E-state index contributed by atoms with van der Waals surface area (Å²) in [6.07, 6.45) is 32.6. The zero-order valence-electron chi connectivity index (χ0n) is 31.7. The smallest absolute Gasteiger partial charge is 0.239 e. The van der Waals surface area contributed by atoms with Crippen LogP contribution < -0.4 is 0 Å². The van der Waals surface area contributed by atoms with Gasteiger partial charge in [0.15, 0.2) is 5.78 Å². The van der Waals surface area contributed by atoms with Crippen LogP contribution in [0, 0.1) is 34.5 Å². The second kappa shape index (κ2) is 21.2. The Kier molecular flexibility index (Phi) is 17.4. The standard InChI is InChI=1S/C45H70F4O/c1-3-5-7-9-11-13-15-35-17-21-37(22-18-35)39-25-29-44(30-26-39,33-41(46)47)43(50)45(34-42(48)49)31-27-40(28-32-45)38-23-19-36(20-24-38)16-14-12-10-8-6-4-2/h25-29,31,35-38,41-42H,3-24,30,32-34H2,1-2H3. The molecule has 0 aromatic heterocycles. The summed E-state index contributed by atoms with van der Waals surface area (Å²) in [5.41, 5.74) is -0.605. The lowest BCUT2D eigenvalue weighted by atomic mass is 9.60. The van der Waals surface area contributed by atoms with Gasteiger partial charge in [-0.1, -0.05) is 140 Å². The summed E-state index contributed by atoms with van der Waals surface area (Å²) in [7, 11) is 0. The number of halogens is 4. The molecule has 2 saturated carbocycles. The molecule has 2 unspecified atom stereocenters. The number of alkyl halides is 4. The van der Waals surface area contributed by atoms with E-state index >= 15 is 0 Å². The summed E-state index contributed by atoms with van der Waals surface area (Å²) < 4.78 is 56.6. The molecule has 4 aliphatic carbocycles. The highest BCUT2D eigenvalue weighted by Gasteiger charge is 2.50. The van der Waals surface area contributed by atoms with E-state index in [0.717, 1.165) is 48.7 Å². The molecule has 1 nitrogen and oxygen atoms in total. The van der Waals surface area contributed by atoms with E-state index in [9.17, 15) is 22.4 Å². The molecule has 5 heteroatoms. The third kappa shape index (κ3) is 12.2. The van der Waals surface area contributed by atoms with E-state index in [0.29, 0.717) is 11.8 Å². The van der Waals surface area contributed by atoms with Crippen molar-refractivity contribution in [3.63, 3.8) is 0 Å². The first-order chi connectivity index (χ1) is 24.2. The summed E-state index contributed by atoms with van der Waals surface area (Å²) in [6.45, 7) is 4.50. The Labute approximate surface area is 303 Å². The van der Waals surface area contributed by atoms with Crippen LogP contribution in [-0.2, 0) is 4.79 Å². The van der Waals surface area contributed by atoms with Crippen LogP contribution >= 0.6 is 0 Å². The Bertz CT molecular complexity index is 1030. The van der Waals surface area contributed by atoms with Gasteiger partial charge < -0.3 is 0 Å². The SMILES string of the molecule is CCCCCCCCC1CCC(C2=CCC(CC(F)F)(C(=O)C3(CC(F)F)C=CC(C4CCC(CCCCCCCC)CC4)=CC3)C=C2)CC1. The summed E-state index contributed by atoms with van der Waals surface area (Å²) in [6, 6.07) is 0. The van der Waals surface area contributed by atoms with Gasteiger partial charge in [-0.15, -0.1) is 0 Å². The van der Waals surface area contributed by atoms with Crippen LogP contribution in [0.3, 0.4) is 0 Å². The second-order valence-electron chi connectivity index (χ2n) is 16.9. The fourth-order valence-corrected chi connectivity index (χ4v) is 9.86. The van der Waals surface area contributed by atoms with Crippen LogP contribution in [-0.4, -0.2) is 18.6 Å². The van der Waals surface area contributed by atoms with E-state index in [1.807, 2.05) is 24.3 Å². The first-order valence-corrected chi connectivity index (χ1v) is 21.1. The molecule has 0 N–H and O–H groups in total. The minimum absolute atomic E-state index is 0.178. The molecule has 0 radical (unpaired) electrons. The first-order valence-electron chi connectivity index (χ1n) is 21.1. The number of ketones is 1. The van der Waals surface area contributed by atoms with Crippen LogP contribution in [0.25, 0.3) is 0 Å². The molecule has 0 aromatic carbocycles. The van der Waals surface area contributed by atoms with Crippen LogP contribution in [0.4, 0.5) is 17.6 Å². The van der Waals surface area contributed by atoms with Crippen molar-refractivity contribution in [1.82, 2.24) is 0 Å². The van der Waals surface area contributed by atoms with Gasteiger partial charge in [0.2, 0.25) is 12.9 Å². The maximum absolute atomic E-state index is 14.5. The van der Waals surface area contributed by atoms with E-state index in [1.54, 1.807) is 12.2 Å².